The molecule has 1 aromatic rings. The van der Waals surface area contributed by atoms with E-state index in [1.54, 1.807) is 0 Å². The van der Waals surface area contributed by atoms with E-state index in [2.05, 4.69) is 49.6 Å². The van der Waals surface area contributed by atoms with E-state index in [0.29, 0.717) is 5.37 Å². The summed E-state index contributed by atoms with van der Waals surface area (Å²) in [5.41, 5.74) is 2.64. The van der Waals surface area contributed by atoms with E-state index < -0.39 is 0 Å². The molecule has 68 valence electrons. The van der Waals surface area contributed by atoms with Crippen LogP contribution in [-0.2, 0) is 0 Å². The molecule has 0 aromatic heterocycles. The Balaban J connectivity index is 2.26. The van der Waals surface area contributed by atoms with Gasteiger partial charge in [-0.1, -0.05) is 41.6 Å². The Bertz CT molecular complexity index is 344. The minimum atomic E-state index is 0.510. The molecule has 0 amide bonds. The predicted molar refractivity (Wildman–Crippen MR) is 59.3 cm³/mol. The molecule has 1 aliphatic rings. The van der Waals surface area contributed by atoms with Crippen molar-refractivity contribution in [3.05, 3.63) is 41.6 Å². The number of thioether (sulfide) groups is 1. The van der Waals surface area contributed by atoms with Crippen molar-refractivity contribution in [3.63, 3.8) is 0 Å². The van der Waals surface area contributed by atoms with Crippen LogP contribution < -0.4 is 5.32 Å². The van der Waals surface area contributed by atoms with Crippen molar-refractivity contribution in [1.82, 2.24) is 5.32 Å². The van der Waals surface area contributed by atoms with E-state index >= 15 is 0 Å². The summed E-state index contributed by atoms with van der Waals surface area (Å²) in [5, 5.41) is 3.80. The minimum Gasteiger partial charge on any atom is -0.378 e. The van der Waals surface area contributed by atoms with Gasteiger partial charge in [-0.3, -0.25) is 0 Å². The Morgan fingerprint density at radius 1 is 1.38 bits per heavy atom. The van der Waals surface area contributed by atoms with Crippen molar-refractivity contribution in [1.29, 1.82) is 0 Å². The summed E-state index contributed by atoms with van der Waals surface area (Å²) < 4.78 is 0. The van der Waals surface area contributed by atoms with Gasteiger partial charge in [0.2, 0.25) is 0 Å². The molecule has 1 heterocycles. The topological polar surface area (TPSA) is 12.0 Å². The van der Waals surface area contributed by atoms with Crippen LogP contribution in [-0.4, -0.2) is 5.37 Å². The molecule has 1 nitrogen and oxygen atoms in total. The zero-order valence-electron chi connectivity index (χ0n) is 7.87. The summed E-state index contributed by atoms with van der Waals surface area (Å²) in [5.74, 6) is 0. The normalized spacial score (nSPS) is 21.1. The summed E-state index contributed by atoms with van der Waals surface area (Å²) in [6.07, 6.45) is 2.10. The summed E-state index contributed by atoms with van der Waals surface area (Å²) >= 11 is 1.88. The quantitative estimate of drug-likeness (QED) is 0.732. The summed E-state index contributed by atoms with van der Waals surface area (Å²) in [6.45, 7) is 4.30. The number of rotatable bonds is 1. The van der Waals surface area contributed by atoms with Crippen LogP contribution in [0.1, 0.15) is 18.1 Å². The van der Waals surface area contributed by atoms with E-state index in [-0.39, 0.29) is 0 Å². The standard InChI is InChI=1S/C11H13NS/c1-8-4-3-5-10(6-8)11-7-12-9(2)13-11/h3-7,9,12H,1-2H3. The molecule has 1 aliphatic heterocycles. The van der Waals surface area contributed by atoms with Crippen LogP contribution in [0.2, 0.25) is 0 Å². The lowest BCUT2D eigenvalue weighted by Crippen LogP contribution is -2.09. The highest BCUT2D eigenvalue weighted by atomic mass is 32.2. The molecule has 0 saturated carbocycles. The van der Waals surface area contributed by atoms with Crippen LogP contribution in [0.15, 0.2) is 30.5 Å². The van der Waals surface area contributed by atoms with Crippen molar-refractivity contribution in [2.75, 3.05) is 0 Å². The third kappa shape index (κ3) is 1.89. The number of hydrogen-bond donors (Lipinski definition) is 1. The highest BCUT2D eigenvalue weighted by molar-refractivity contribution is 8.09. The van der Waals surface area contributed by atoms with Gasteiger partial charge in [-0.15, -0.1) is 0 Å². The maximum Gasteiger partial charge on any atom is 0.0736 e. The second-order valence-corrected chi connectivity index (χ2v) is 4.69. The lowest BCUT2D eigenvalue weighted by atomic mass is 10.1. The average molecular weight is 191 g/mol. The van der Waals surface area contributed by atoms with Gasteiger partial charge in [0, 0.05) is 11.1 Å². The fraction of sp³-hybridized carbons (Fsp3) is 0.273. The van der Waals surface area contributed by atoms with E-state index in [4.69, 9.17) is 0 Å². The smallest absolute Gasteiger partial charge is 0.0736 e. The monoisotopic (exact) mass is 191 g/mol. The number of nitrogens with one attached hydrogen (secondary N) is 1. The molecule has 0 aliphatic carbocycles. The molecule has 1 atom stereocenters. The maximum absolute atomic E-state index is 3.29. The summed E-state index contributed by atoms with van der Waals surface area (Å²) in [6, 6.07) is 8.61. The fourth-order valence-corrected chi connectivity index (χ4v) is 2.32. The SMILES string of the molecule is Cc1cccc(C2=CNC(C)S2)c1. The van der Waals surface area contributed by atoms with Gasteiger partial charge in [0.05, 0.1) is 5.37 Å². The van der Waals surface area contributed by atoms with Gasteiger partial charge in [0.1, 0.15) is 0 Å². The molecule has 2 heteroatoms. The van der Waals surface area contributed by atoms with E-state index in [1.807, 2.05) is 11.8 Å². The second kappa shape index (κ2) is 3.46. The van der Waals surface area contributed by atoms with E-state index in [1.165, 1.54) is 16.0 Å². The number of aryl methyl sites for hydroxylation is 1. The highest BCUT2D eigenvalue weighted by Gasteiger charge is 2.13. The first kappa shape index (κ1) is 8.70. The molecule has 13 heavy (non-hydrogen) atoms. The van der Waals surface area contributed by atoms with Gasteiger partial charge in [-0.25, -0.2) is 0 Å². The zero-order chi connectivity index (χ0) is 9.26. The van der Waals surface area contributed by atoms with Gasteiger partial charge in [0.25, 0.3) is 0 Å². The Hall–Kier alpha value is -0.890. The molecule has 0 bridgehead atoms. The lowest BCUT2D eigenvalue weighted by Gasteiger charge is -2.03. The van der Waals surface area contributed by atoms with Crippen LogP contribution in [0, 0.1) is 6.92 Å². The largest absolute Gasteiger partial charge is 0.378 e. The third-order valence-electron chi connectivity index (χ3n) is 2.06. The zero-order valence-corrected chi connectivity index (χ0v) is 8.69. The molecule has 1 aromatic carbocycles. The van der Waals surface area contributed by atoms with Gasteiger partial charge >= 0.3 is 0 Å². The van der Waals surface area contributed by atoms with Gasteiger partial charge in [0.15, 0.2) is 0 Å². The van der Waals surface area contributed by atoms with Gasteiger partial charge in [-0.05, 0) is 19.4 Å². The Morgan fingerprint density at radius 2 is 2.23 bits per heavy atom. The van der Waals surface area contributed by atoms with Crippen LogP contribution >= 0.6 is 11.8 Å². The third-order valence-corrected chi connectivity index (χ3v) is 3.15. The molecule has 0 fully saturated rings. The Labute approximate surface area is 83.2 Å². The van der Waals surface area contributed by atoms with Crippen molar-refractivity contribution in [2.24, 2.45) is 0 Å². The molecular weight excluding hydrogens is 178 g/mol. The molecule has 0 spiro atoms. The Morgan fingerprint density at radius 3 is 2.85 bits per heavy atom. The molecule has 1 N–H and O–H groups in total. The summed E-state index contributed by atoms with van der Waals surface area (Å²) in [4.78, 5) is 1.34. The first-order valence-corrected chi connectivity index (χ1v) is 5.33. The number of hydrogen-bond acceptors (Lipinski definition) is 2. The molecule has 0 saturated heterocycles. The van der Waals surface area contributed by atoms with Crippen molar-refractivity contribution in [3.8, 4) is 0 Å². The van der Waals surface area contributed by atoms with Crippen molar-refractivity contribution in [2.45, 2.75) is 19.2 Å². The fourth-order valence-electron chi connectivity index (χ4n) is 1.40. The van der Waals surface area contributed by atoms with Crippen LogP contribution in [0.5, 0.6) is 0 Å². The van der Waals surface area contributed by atoms with E-state index in [9.17, 15) is 0 Å². The second-order valence-electron chi connectivity index (χ2n) is 3.30. The molecule has 0 radical (unpaired) electrons. The van der Waals surface area contributed by atoms with Crippen molar-refractivity contribution < 1.29 is 0 Å². The first-order chi connectivity index (χ1) is 6.25. The number of benzene rings is 1. The summed E-state index contributed by atoms with van der Waals surface area (Å²) in [7, 11) is 0. The average Bonchev–Trinajstić information content (AvgIpc) is 2.52. The highest BCUT2D eigenvalue weighted by Crippen LogP contribution is 2.33. The van der Waals surface area contributed by atoms with Crippen LogP contribution in [0.25, 0.3) is 4.91 Å². The first-order valence-electron chi connectivity index (χ1n) is 4.45. The lowest BCUT2D eigenvalue weighted by molar-refractivity contribution is 0.875. The predicted octanol–water partition coefficient (Wildman–Crippen LogP) is 2.98. The molecular formula is C11H13NS. The molecule has 2 rings (SSSR count). The van der Waals surface area contributed by atoms with Crippen LogP contribution in [0.4, 0.5) is 0 Å². The Kier molecular flexibility index (Phi) is 2.32. The van der Waals surface area contributed by atoms with Gasteiger partial charge < -0.3 is 5.32 Å². The minimum absolute atomic E-state index is 0.510. The molecule has 1 unspecified atom stereocenters. The van der Waals surface area contributed by atoms with Gasteiger partial charge in [-0.2, -0.15) is 0 Å². The van der Waals surface area contributed by atoms with E-state index in [0.717, 1.165) is 0 Å². The van der Waals surface area contributed by atoms with Crippen LogP contribution in [0.3, 0.4) is 0 Å². The van der Waals surface area contributed by atoms with Crippen molar-refractivity contribution >= 4 is 16.7 Å². The maximum atomic E-state index is 3.29.